The lowest BCUT2D eigenvalue weighted by Crippen LogP contribution is -2.28. The molecule has 0 aliphatic carbocycles. The Morgan fingerprint density at radius 1 is 1.33 bits per heavy atom. The van der Waals surface area contributed by atoms with Gasteiger partial charge in [0, 0.05) is 19.5 Å². The quantitative estimate of drug-likeness (QED) is 0.631. The van der Waals surface area contributed by atoms with Gasteiger partial charge in [-0.1, -0.05) is 12.1 Å². The molecule has 1 fully saturated rings. The van der Waals surface area contributed by atoms with Gasteiger partial charge < -0.3 is 10.1 Å². The highest BCUT2D eigenvalue weighted by molar-refractivity contribution is 5.75. The Kier molecular flexibility index (Phi) is 6.43. The number of carbonyl (C=O) groups excluding carboxylic acids is 1. The number of carbonyl (C=O) groups is 1. The van der Waals surface area contributed by atoms with Crippen molar-refractivity contribution in [3.63, 3.8) is 0 Å². The zero-order chi connectivity index (χ0) is 14.9. The summed E-state index contributed by atoms with van der Waals surface area (Å²) >= 11 is 0. The van der Waals surface area contributed by atoms with Crippen LogP contribution in [0.25, 0.3) is 0 Å². The fraction of sp³-hybridized carbons (Fsp3) is 0.533. The molecule has 0 bridgehead atoms. The largest absolute Gasteiger partial charge is 0.489 e. The highest BCUT2D eigenvalue weighted by Crippen LogP contribution is 2.14. The summed E-state index contributed by atoms with van der Waals surface area (Å²) in [5.41, 5.74) is 6.15. The van der Waals surface area contributed by atoms with Crippen LogP contribution in [-0.4, -0.2) is 32.1 Å². The van der Waals surface area contributed by atoms with Gasteiger partial charge in [-0.05, 0) is 30.9 Å². The molecular formula is C15H22FN3O2. The normalized spacial score (nSPS) is 15.1. The summed E-state index contributed by atoms with van der Waals surface area (Å²) < 4.78 is 18.5. The van der Waals surface area contributed by atoms with Crippen molar-refractivity contribution in [2.24, 2.45) is 5.92 Å². The van der Waals surface area contributed by atoms with E-state index >= 15 is 0 Å². The minimum absolute atomic E-state index is 0.0195. The van der Waals surface area contributed by atoms with Gasteiger partial charge in [-0.3, -0.25) is 15.6 Å². The van der Waals surface area contributed by atoms with E-state index < -0.39 is 0 Å². The smallest absolute Gasteiger partial charge is 0.220 e. The second-order valence-corrected chi connectivity index (χ2v) is 5.15. The Morgan fingerprint density at radius 2 is 2.10 bits per heavy atom. The van der Waals surface area contributed by atoms with Crippen LogP contribution in [0.4, 0.5) is 4.39 Å². The van der Waals surface area contributed by atoms with E-state index in [2.05, 4.69) is 16.2 Å². The van der Waals surface area contributed by atoms with E-state index in [-0.39, 0.29) is 24.1 Å². The van der Waals surface area contributed by atoms with Crippen molar-refractivity contribution in [3.05, 3.63) is 30.1 Å². The molecule has 1 aliphatic heterocycles. The van der Waals surface area contributed by atoms with E-state index in [1.165, 1.54) is 6.07 Å². The third kappa shape index (κ3) is 5.69. The second-order valence-electron chi connectivity index (χ2n) is 5.15. The van der Waals surface area contributed by atoms with Gasteiger partial charge >= 0.3 is 0 Å². The van der Waals surface area contributed by atoms with Gasteiger partial charge in [0.25, 0.3) is 0 Å². The van der Waals surface area contributed by atoms with Gasteiger partial charge in [-0.15, -0.1) is 0 Å². The molecular weight excluding hydrogens is 273 g/mol. The van der Waals surface area contributed by atoms with E-state index in [4.69, 9.17) is 4.74 Å². The number of hydrazine groups is 1. The topological polar surface area (TPSA) is 62.4 Å². The summed E-state index contributed by atoms with van der Waals surface area (Å²) in [5.74, 6) is 0.462. The fourth-order valence-electron chi connectivity index (χ4n) is 2.26. The molecule has 6 heteroatoms. The van der Waals surface area contributed by atoms with E-state index in [1.54, 1.807) is 18.2 Å². The molecule has 0 radical (unpaired) electrons. The maximum atomic E-state index is 13.3. The highest BCUT2D eigenvalue weighted by atomic mass is 19.1. The number of hydrogen-bond donors (Lipinski definition) is 3. The van der Waals surface area contributed by atoms with Crippen LogP contribution in [0.2, 0.25) is 0 Å². The van der Waals surface area contributed by atoms with Gasteiger partial charge in [0.05, 0.1) is 6.54 Å². The SMILES string of the molecule is O=C(CCCC1CNNC1)NCCOc1ccccc1F. The molecule has 1 aromatic carbocycles. The first-order valence-corrected chi connectivity index (χ1v) is 7.35. The molecule has 1 heterocycles. The molecule has 1 amide bonds. The molecule has 21 heavy (non-hydrogen) atoms. The Bertz CT molecular complexity index is 450. The lowest BCUT2D eigenvalue weighted by atomic mass is 10.0. The first-order valence-electron chi connectivity index (χ1n) is 7.35. The lowest BCUT2D eigenvalue weighted by Gasteiger charge is -2.09. The number of ether oxygens (including phenoxy) is 1. The van der Waals surface area contributed by atoms with Crippen LogP contribution in [0.15, 0.2) is 24.3 Å². The monoisotopic (exact) mass is 295 g/mol. The van der Waals surface area contributed by atoms with Gasteiger partial charge in [0.1, 0.15) is 6.61 Å². The van der Waals surface area contributed by atoms with Crippen molar-refractivity contribution in [1.82, 2.24) is 16.2 Å². The zero-order valence-corrected chi connectivity index (χ0v) is 12.0. The predicted octanol–water partition coefficient (Wildman–Crippen LogP) is 1.22. The van der Waals surface area contributed by atoms with Gasteiger partial charge in [0.2, 0.25) is 5.91 Å². The Balaban J connectivity index is 1.52. The maximum absolute atomic E-state index is 13.3. The number of rotatable bonds is 8. The number of hydrogen-bond acceptors (Lipinski definition) is 4. The van der Waals surface area contributed by atoms with Crippen molar-refractivity contribution in [2.45, 2.75) is 19.3 Å². The summed E-state index contributed by atoms with van der Waals surface area (Å²) in [7, 11) is 0. The molecule has 1 aromatic rings. The molecule has 0 spiro atoms. The van der Waals surface area contributed by atoms with Crippen LogP contribution in [0.3, 0.4) is 0 Å². The van der Waals surface area contributed by atoms with Crippen molar-refractivity contribution in [3.8, 4) is 5.75 Å². The molecule has 2 rings (SSSR count). The minimum atomic E-state index is -0.386. The van der Waals surface area contributed by atoms with Crippen molar-refractivity contribution >= 4 is 5.91 Å². The van der Waals surface area contributed by atoms with Gasteiger partial charge in [-0.25, -0.2) is 4.39 Å². The Labute approximate surface area is 124 Å². The molecule has 0 atom stereocenters. The number of benzene rings is 1. The number of amides is 1. The summed E-state index contributed by atoms with van der Waals surface area (Å²) in [6.45, 7) is 2.60. The molecule has 0 aromatic heterocycles. The molecule has 0 saturated carbocycles. The molecule has 5 nitrogen and oxygen atoms in total. The third-order valence-electron chi connectivity index (χ3n) is 3.44. The summed E-state index contributed by atoms with van der Waals surface area (Å²) in [5, 5.41) is 2.78. The van der Waals surface area contributed by atoms with Crippen LogP contribution in [-0.2, 0) is 4.79 Å². The van der Waals surface area contributed by atoms with Gasteiger partial charge in [-0.2, -0.15) is 0 Å². The second kappa shape index (κ2) is 8.59. The van der Waals surface area contributed by atoms with Crippen LogP contribution >= 0.6 is 0 Å². The zero-order valence-electron chi connectivity index (χ0n) is 12.0. The summed E-state index contributed by atoms with van der Waals surface area (Å²) in [6, 6.07) is 6.24. The Morgan fingerprint density at radius 3 is 2.86 bits per heavy atom. The van der Waals surface area contributed by atoms with Crippen molar-refractivity contribution in [1.29, 1.82) is 0 Å². The average molecular weight is 295 g/mol. The van der Waals surface area contributed by atoms with Crippen LogP contribution in [0.5, 0.6) is 5.75 Å². The Hall–Kier alpha value is -1.66. The summed E-state index contributed by atoms with van der Waals surface area (Å²) in [6.07, 6.45) is 2.45. The van der Waals surface area contributed by atoms with Crippen LogP contribution in [0, 0.1) is 11.7 Å². The van der Waals surface area contributed by atoms with Crippen molar-refractivity contribution in [2.75, 3.05) is 26.2 Å². The van der Waals surface area contributed by atoms with E-state index in [1.807, 2.05) is 0 Å². The van der Waals surface area contributed by atoms with Crippen LogP contribution in [0.1, 0.15) is 19.3 Å². The van der Waals surface area contributed by atoms with E-state index in [0.29, 0.717) is 18.9 Å². The first kappa shape index (κ1) is 15.7. The van der Waals surface area contributed by atoms with Crippen molar-refractivity contribution < 1.29 is 13.9 Å². The average Bonchev–Trinajstić information content (AvgIpc) is 2.98. The fourth-order valence-corrected chi connectivity index (χ4v) is 2.26. The molecule has 0 unspecified atom stereocenters. The number of halogens is 1. The lowest BCUT2D eigenvalue weighted by molar-refractivity contribution is -0.121. The first-order chi connectivity index (χ1) is 10.3. The van der Waals surface area contributed by atoms with Gasteiger partial charge in [0.15, 0.2) is 11.6 Å². The minimum Gasteiger partial charge on any atom is -0.489 e. The standard InChI is InChI=1S/C15H22FN3O2/c16-13-5-1-2-6-14(13)21-9-8-17-15(20)7-3-4-12-10-18-19-11-12/h1-2,5-6,12,18-19H,3-4,7-11H2,(H,17,20). The molecule has 1 saturated heterocycles. The highest BCUT2D eigenvalue weighted by Gasteiger charge is 2.13. The molecule has 116 valence electrons. The molecule has 1 aliphatic rings. The van der Waals surface area contributed by atoms with E-state index in [9.17, 15) is 9.18 Å². The third-order valence-corrected chi connectivity index (χ3v) is 3.44. The summed E-state index contributed by atoms with van der Waals surface area (Å²) in [4.78, 5) is 11.6. The van der Waals surface area contributed by atoms with E-state index in [0.717, 1.165) is 25.9 Å². The number of nitrogens with one attached hydrogen (secondary N) is 3. The number of para-hydroxylation sites is 1. The maximum Gasteiger partial charge on any atom is 0.220 e. The van der Waals surface area contributed by atoms with Crippen LogP contribution < -0.4 is 20.9 Å². The predicted molar refractivity (Wildman–Crippen MR) is 78.3 cm³/mol. The molecule has 3 N–H and O–H groups in total.